The number of carboxylic acids is 1. The second kappa shape index (κ2) is 4.95. The molecule has 1 aliphatic rings. The number of carboxylic acid groups (broad SMARTS) is 1. The van der Waals surface area contributed by atoms with E-state index >= 15 is 0 Å². The van der Waals surface area contributed by atoms with Crippen molar-refractivity contribution in [3.05, 3.63) is 0 Å². The molecule has 0 aromatic rings. The summed E-state index contributed by atoms with van der Waals surface area (Å²) in [6.45, 7) is -0.234. The zero-order valence-corrected chi connectivity index (χ0v) is 7.90. The molecule has 1 fully saturated rings. The summed E-state index contributed by atoms with van der Waals surface area (Å²) >= 11 is 0. The van der Waals surface area contributed by atoms with E-state index < -0.39 is 12.0 Å². The lowest BCUT2D eigenvalue weighted by molar-refractivity contribution is -0.143. The predicted molar refractivity (Wildman–Crippen MR) is 48.6 cm³/mol. The number of carbonyl (C=O) groups is 2. The van der Waals surface area contributed by atoms with E-state index in [9.17, 15) is 9.59 Å². The van der Waals surface area contributed by atoms with Gasteiger partial charge in [-0.25, -0.2) is 4.79 Å². The Bertz CT molecular complexity index is 225. The molecule has 0 saturated heterocycles. The van der Waals surface area contributed by atoms with Crippen LogP contribution < -0.4 is 5.32 Å². The summed E-state index contributed by atoms with van der Waals surface area (Å²) in [5.41, 5.74) is 0. The lowest BCUT2D eigenvalue weighted by atomic mass is 9.84. The second-order valence-corrected chi connectivity index (χ2v) is 3.54. The number of nitrogens with one attached hydrogen (secondary N) is 1. The molecule has 80 valence electrons. The highest BCUT2D eigenvalue weighted by atomic mass is 16.4. The minimum Gasteiger partial charge on any atom is -0.480 e. The first-order chi connectivity index (χ1) is 6.65. The summed E-state index contributed by atoms with van der Waals surface area (Å²) < 4.78 is 0. The SMILES string of the molecule is O=C(N[C@H](CCO)C(=O)O)C1CCC1. The summed E-state index contributed by atoms with van der Waals surface area (Å²) in [5, 5.41) is 19.7. The second-order valence-electron chi connectivity index (χ2n) is 3.54. The van der Waals surface area contributed by atoms with Crippen LogP contribution in [-0.4, -0.2) is 34.7 Å². The monoisotopic (exact) mass is 201 g/mol. The summed E-state index contributed by atoms with van der Waals surface area (Å²) in [5.74, 6) is -1.31. The lowest BCUT2D eigenvalue weighted by Crippen LogP contribution is -2.45. The van der Waals surface area contributed by atoms with Crippen LogP contribution in [-0.2, 0) is 9.59 Å². The van der Waals surface area contributed by atoms with Gasteiger partial charge in [0.1, 0.15) is 6.04 Å². The van der Waals surface area contributed by atoms with Gasteiger partial charge in [0, 0.05) is 18.9 Å². The molecule has 0 bridgehead atoms. The Kier molecular flexibility index (Phi) is 3.88. The molecule has 0 aromatic heterocycles. The predicted octanol–water partition coefficient (Wildman–Crippen LogP) is -0.262. The molecule has 1 aliphatic carbocycles. The fraction of sp³-hybridized carbons (Fsp3) is 0.778. The van der Waals surface area contributed by atoms with E-state index in [1.807, 2.05) is 0 Å². The highest BCUT2D eigenvalue weighted by Crippen LogP contribution is 2.26. The Morgan fingerprint density at radius 1 is 1.43 bits per heavy atom. The van der Waals surface area contributed by atoms with Gasteiger partial charge in [-0.05, 0) is 12.8 Å². The third-order valence-corrected chi connectivity index (χ3v) is 2.51. The molecule has 0 aromatic carbocycles. The molecule has 0 unspecified atom stereocenters. The van der Waals surface area contributed by atoms with E-state index in [-0.39, 0.29) is 24.9 Å². The molecule has 0 aliphatic heterocycles. The molecule has 1 saturated carbocycles. The van der Waals surface area contributed by atoms with E-state index in [0.717, 1.165) is 19.3 Å². The number of carbonyl (C=O) groups excluding carboxylic acids is 1. The number of hydrogen-bond donors (Lipinski definition) is 3. The van der Waals surface area contributed by atoms with E-state index in [1.54, 1.807) is 0 Å². The molecule has 1 rings (SSSR count). The van der Waals surface area contributed by atoms with Crippen LogP contribution in [0.15, 0.2) is 0 Å². The lowest BCUT2D eigenvalue weighted by Gasteiger charge is -2.25. The first-order valence-electron chi connectivity index (χ1n) is 4.79. The molecular weight excluding hydrogens is 186 g/mol. The highest BCUT2D eigenvalue weighted by Gasteiger charge is 2.28. The number of aliphatic hydroxyl groups is 1. The molecule has 0 radical (unpaired) electrons. The van der Waals surface area contributed by atoms with Crippen LogP contribution in [0.5, 0.6) is 0 Å². The van der Waals surface area contributed by atoms with Crippen LogP contribution in [0.1, 0.15) is 25.7 Å². The maximum absolute atomic E-state index is 11.4. The van der Waals surface area contributed by atoms with E-state index in [2.05, 4.69) is 5.32 Å². The fourth-order valence-corrected chi connectivity index (χ4v) is 1.35. The van der Waals surface area contributed by atoms with Crippen molar-refractivity contribution in [1.29, 1.82) is 0 Å². The third-order valence-electron chi connectivity index (χ3n) is 2.51. The fourth-order valence-electron chi connectivity index (χ4n) is 1.35. The van der Waals surface area contributed by atoms with Crippen molar-refractivity contribution in [1.82, 2.24) is 5.32 Å². The van der Waals surface area contributed by atoms with Gasteiger partial charge in [0.2, 0.25) is 5.91 Å². The Hall–Kier alpha value is -1.10. The number of rotatable bonds is 5. The van der Waals surface area contributed by atoms with Crippen LogP contribution in [0.3, 0.4) is 0 Å². The number of aliphatic hydroxyl groups excluding tert-OH is 1. The topological polar surface area (TPSA) is 86.6 Å². The van der Waals surface area contributed by atoms with Crippen LogP contribution in [0, 0.1) is 5.92 Å². The summed E-state index contributed by atoms with van der Waals surface area (Å²) in [7, 11) is 0. The van der Waals surface area contributed by atoms with Gasteiger partial charge in [-0.3, -0.25) is 4.79 Å². The minimum atomic E-state index is -1.09. The smallest absolute Gasteiger partial charge is 0.326 e. The van der Waals surface area contributed by atoms with Crippen LogP contribution in [0.2, 0.25) is 0 Å². The Morgan fingerprint density at radius 3 is 2.43 bits per heavy atom. The van der Waals surface area contributed by atoms with Crippen molar-refractivity contribution in [3.63, 3.8) is 0 Å². The van der Waals surface area contributed by atoms with Gasteiger partial charge in [0.05, 0.1) is 0 Å². The van der Waals surface area contributed by atoms with Crippen LogP contribution in [0.4, 0.5) is 0 Å². The zero-order chi connectivity index (χ0) is 10.6. The number of hydrogen-bond acceptors (Lipinski definition) is 3. The normalized spacial score (nSPS) is 18.4. The molecule has 0 heterocycles. The zero-order valence-electron chi connectivity index (χ0n) is 7.90. The summed E-state index contributed by atoms with van der Waals surface area (Å²) in [4.78, 5) is 22.0. The summed E-state index contributed by atoms with van der Waals surface area (Å²) in [6, 6.07) is -0.951. The Labute approximate surface area is 82.1 Å². The van der Waals surface area contributed by atoms with Gasteiger partial charge in [-0.15, -0.1) is 0 Å². The largest absolute Gasteiger partial charge is 0.480 e. The third kappa shape index (κ3) is 2.70. The van der Waals surface area contributed by atoms with Crippen LogP contribution in [0.25, 0.3) is 0 Å². The first kappa shape index (κ1) is 11.0. The molecule has 1 atom stereocenters. The van der Waals surface area contributed by atoms with E-state index in [4.69, 9.17) is 10.2 Å². The number of amides is 1. The first-order valence-corrected chi connectivity index (χ1v) is 4.79. The molecule has 0 spiro atoms. The Morgan fingerprint density at radius 2 is 2.07 bits per heavy atom. The van der Waals surface area contributed by atoms with E-state index in [0.29, 0.717) is 0 Å². The minimum absolute atomic E-state index is 0.0180. The number of aliphatic carboxylic acids is 1. The highest BCUT2D eigenvalue weighted by molar-refractivity contribution is 5.85. The van der Waals surface area contributed by atoms with Gasteiger partial charge in [0.15, 0.2) is 0 Å². The van der Waals surface area contributed by atoms with Gasteiger partial charge in [-0.2, -0.15) is 0 Å². The summed E-state index contributed by atoms with van der Waals surface area (Å²) in [6.07, 6.45) is 2.79. The Balaban J connectivity index is 2.37. The van der Waals surface area contributed by atoms with Crippen molar-refractivity contribution in [2.45, 2.75) is 31.7 Å². The molecular formula is C9H15NO4. The van der Waals surface area contributed by atoms with Gasteiger partial charge < -0.3 is 15.5 Å². The van der Waals surface area contributed by atoms with Gasteiger partial charge >= 0.3 is 5.97 Å². The molecule has 3 N–H and O–H groups in total. The van der Waals surface area contributed by atoms with Crippen molar-refractivity contribution < 1.29 is 19.8 Å². The van der Waals surface area contributed by atoms with Crippen LogP contribution >= 0.6 is 0 Å². The van der Waals surface area contributed by atoms with Crippen molar-refractivity contribution in [2.24, 2.45) is 5.92 Å². The molecule has 5 heteroatoms. The quantitative estimate of drug-likeness (QED) is 0.572. The van der Waals surface area contributed by atoms with Gasteiger partial charge in [0.25, 0.3) is 0 Å². The molecule has 5 nitrogen and oxygen atoms in total. The average Bonchev–Trinajstić information content (AvgIpc) is 1.99. The van der Waals surface area contributed by atoms with Crippen molar-refractivity contribution in [2.75, 3.05) is 6.61 Å². The maximum Gasteiger partial charge on any atom is 0.326 e. The molecule has 1 amide bonds. The van der Waals surface area contributed by atoms with Crippen molar-refractivity contribution in [3.8, 4) is 0 Å². The standard InChI is InChI=1S/C9H15NO4/c11-5-4-7(9(13)14)10-8(12)6-2-1-3-6/h6-7,11H,1-5H2,(H,10,12)(H,13,14)/t7-/m1/s1. The molecule has 14 heavy (non-hydrogen) atoms. The average molecular weight is 201 g/mol. The van der Waals surface area contributed by atoms with E-state index in [1.165, 1.54) is 0 Å². The van der Waals surface area contributed by atoms with Crippen molar-refractivity contribution >= 4 is 11.9 Å². The maximum atomic E-state index is 11.4. The van der Waals surface area contributed by atoms with Gasteiger partial charge in [-0.1, -0.05) is 6.42 Å².